The number of hydrogen-bond donors (Lipinski definition) is 2. The molecule has 0 saturated carbocycles. The van der Waals surface area contributed by atoms with Crippen molar-refractivity contribution >= 4 is 40.7 Å². The monoisotopic (exact) mass is 436 g/mol. The van der Waals surface area contributed by atoms with Crippen LogP contribution in [0.5, 0.6) is 5.75 Å². The van der Waals surface area contributed by atoms with Gasteiger partial charge in [-0.05, 0) is 55.8 Å². The molecule has 9 heteroatoms. The Kier molecular flexibility index (Phi) is 8.79. The summed E-state index contributed by atoms with van der Waals surface area (Å²) in [5, 5.41) is 5.29. The number of ketones is 1. The summed E-state index contributed by atoms with van der Waals surface area (Å²) < 4.78 is 30.1. The number of Topliss-reactive ketones (excluding diaryl/α,β-unsaturated/α-hetero) is 1. The van der Waals surface area contributed by atoms with Gasteiger partial charge in [0, 0.05) is 22.7 Å². The molecule has 0 saturated heterocycles. The first-order chi connectivity index (χ1) is 14.3. The van der Waals surface area contributed by atoms with E-state index < -0.39 is 11.7 Å². The fourth-order valence-corrected chi connectivity index (χ4v) is 3.02. The summed E-state index contributed by atoms with van der Waals surface area (Å²) in [6.45, 7) is 2.90. The Labute approximate surface area is 177 Å². The molecular weight excluding hydrogens is 414 g/mol. The average molecular weight is 436 g/mol. The molecule has 30 heavy (non-hydrogen) atoms. The van der Waals surface area contributed by atoms with Gasteiger partial charge in [0.1, 0.15) is 5.75 Å². The van der Waals surface area contributed by atoms with Crippen LogP contribution in [0.15, 0.2) is 47.4 Å². The first-order valence-electron chi connectivity index (χ1n) is 9.21. The van der Waals surface area contributed by atoms with Gasteiger partial charge in [-0.2, -0.15) is 8.78 Å². The summed E-state index contributed by atoms with van der Waals surface area (Å²) in [5.41, 5.74) is 1.14. The van der Waals surface area contributed by atoms with Crippen molar-refractivity contribution in [1.82, 2.24) is 0 Å². The molecule has 2 aromatic rings. The van der Waals surface area contributed by atoms with Crippen LogP contribution in [-0.2, 0) is 9.59 Å². The molecule has 0 radical (unpaired) electrons. The van der Waals surface area contributed by atoms with Gasteiger partial charge in [0.05, 0.1) is 5.56 Å². The minimum atomic E-state index is -2.51. The Bertz CT molecular complexity index is 904. The lowest BCUT2D eigenvalue weighted by Gasteiger charge is -2.12. The Morgan fingerprint density at radius 2 is 1.63 bits per heavy atom. The molecule has 0 spiro atoms. The smallest absolute Gasteiger partial charge is 0.288 e. The van der Waals surface area contributed by atoms with E-state index >= 15 is 0 Å². The molecule has 0 atom stereocenters. The number of alkyl halides is 2. The highest BCUT2D eigenvalue weighted by molar-refractivity contribution is 7.99. The van der Waals surface area contributed by atoms with Crippen molar-refractivity contribution in [2.24, 2.45) is 0 Å². The van der Waals surface area contributed by atoms with E-state index in [9.17, 15) is 23.2 Å². The zero-order chi connectivity index (χ0) is 22.1. The van der Waals surface area contributed by atoms with Gasteiger partial charge in [0.25, 0.3) is 11.7 Å². The number of benzene rings is 2. The van der Waals surface area contributed by atoms with Crippen molar-refractivity contribution in [3.8, 4) is 5.75 Å². The molecule has 0 heterocycles. The number of thioether (sulfide) groups is 1. The van der Waals surface area contributed by atoms with Gasteiger partial charge in [0.15, 0.2) is 12.4 Å². The van der Waals surface area contributed by atoms with Crippen LogP contribution >= 0.6 is 11.8 Å². The molecule has 0 aliphatic rings. The zero-order valence-corrected chi connectivity index (χ0v) is 17.4. The lowest BCUT2D eigenvalue weighted by Crippen LogP contribution is -2.20. The number of nitrogens with one attached hydrogen (secondary N) is 2. The largest absolute Gasteiger partial charge is 0.483 e. The lowest BCUT2D eigenvalue weighted by atomic mass is 10.1. The van der Waals surface area contributed by atoms with E-state index in [0.29, 0.717) is 40.9 Å². The SMILES string of the molecule is CCCC(=O)Nc1ccc(OCC(=O)Nc2ccc(SC(F)F)cc2)c(C(C)=O)c1. The third-order valence-electron chi connectivity index (χ3n) is 3.84. The highest BCUT2D eigenvalue weighted by Gasteiger charge is 2.13. The van der Waals surface area contributed by atoms with E-state index in [2.05, 4.69) is 10.6 Å². The number of hydrogen-bond acceptors (Lipinski definition) is 5. The van der Waals surface area contributed by atoms with Gasteiger partial charge in [0.2, 0.25) is 5.91 Å². The summed E-state index contributed by atoms with van der Waals surface area (Å²) in [5.74, 6) is -3.20. The van der Waals surface area contributed by atoms with E-state index in [-0.39, 0.29) is 29.6 Å². The summed E-state index contributed by atoms with van der Waals surface area (Å²) in [4.78, 5) is 36.1. The molecule has 0 unspecified atom stereocenters. The van der Waals surface area contributed by atoms with Crippen LogP contribution in [-0.4, -0.2) is 30.0 Å². The van der Waals surface area contributed by atoms with E-state index in [1.54, 1.807) is 6.07 Å². The third kappa shape index (κ3) is 7.47. The second kappa shape index (κ2) is 11.3. The summed E-state index contributed by atoms with van der Waals surface area (Å²) in [6.07, 6.45) is 1.07. The summed E-state index contributed by atoms with van der Waals surface area (Å²) in [6, 6.07) is 10.6. The van der Waals surface area contributed by atoms with Crippen LogP contribution in [0.1, 0.15) is 37.0 Å². The molecule has 2 N–H and O–H groups in total. The van der Waals surface area contributed by atoms with Crippen LogP contribution < -0.4 is 15.4 Å². The van der Waals surface area contributed by atoms with Gasteiger partial charge in [-0.3, -0.25) is 14.4 Å². The minimum absolute atomic E-state index is 0.155. The standard InChI is InChI=1S/C21H22F2N2O4S/c1-3-4-19(27)25-15-7-10-18(17(11-15)13(2)26)29-12-20(28)24-14-5-8-16(9-6-14)30-21(22)23/h5-11,21H,3-4,12H2,1-2H3,(H,24,28)(H,25,27). The number of carbonyl (C=O) groups excluding carboxylic acids is 3. The van der Waals surface area contributed by atoms with Crippen LogP contribution in [0.25, 0.3) is 0 Å². The molecule has 0 fully saturated rings. The Balaban J connectivity index is 1.97. The number of anilines is 2. The molecular formula is C21H22F2N2O4S. The number of rotatable bonds is 10. The molecule has 0 aromatic heterocycles. The van der Waals surface area contributed by atoms with Crippen LogP contribution in [0.3, 0.4) is 0 Å². The number of amides is 2. The van der Waals surface area contributed by atoms with Crippen molar-refractivity contribution < 1.29 is 27.9 Å². The molecule has 2 aromatic carbocycles. The maximum Gasteiger partial charge on any atom is 0.288 e. The van der Waals surface area contributed by atoms with Crippen molar-refractivity contribution in [2.75, 3.05) is 17.2 Å². The molecule has 160 valence electrons. The topological polar surface area (TPSA) is 84.5 Å². The van der Waals surface area contributed by atoms with Crippen LogP contribution in [0, 0.1) is 0 Å². The lowest BCUT2D eigenvalue weighted by molar-refractivity contribution is -0.118. The highest BCUT2D eigenvalue weighted by atomic mass is 32.2. The fraction of sp³-hybridized carbons (Fsp3) is 0.286. The maximum absolute atomic E-state index is 12.3. The summed E-state index contributed by atoms with van der Waals surface area (Å²) in [7, 11) is 0. The maximum atomic E-state index is 12.3. The van der Waals surface area contributed by atoms with Crippen molar-refractivity contribution in [1.29, 1.82) is 0 Å². The van der Waals surface area contributed by atoms with Gasteiger partial charge < -0.3 is 15.4 Å². The molecule has 6 nitrogen and oxygen atoms in total. The van der Waals surface area contributed by atoms with E-state index in [4.69, 9.17) is 4.74 Å². The first-order valence-corrected chi connectivity index (χ1v) is 10.1. The van der Waals surface area contributed by atoms with Crippen molar-refractivity contribution in [2.45, 2.75) is 37.3 Å². The summed E-state index contributed by atoms with van der Waals surface area (Å²) >= 11 is 0.416. The van der Waals surface area contributed by atoms with Gasteiger partial charge in [-0.25, -0.2) is 0 Å². The number of ether oxygens (including phenoxy) is 1. The van der Waals surface area contributed by atoms with Crippen LogP contribution in [0.4, 0.5) is 20.2 Å². The third-order valence-corrected chi connectivity index (χ3v) is 4.56. The Morgan fingerprint density at radius 1 is 1.00 bits per heavy atom. The predicted octanol–water partition coefficient (Wildman–Crippen LogP) is 4.96. The van der Waals surface area contributed by atoms with Gasteiger partial charge in [-0.1, -0.05) is 18.7 Å². The highest BCUT2D eigenvalue weighted by Crippen LogP contribution is 2.26. The number of halogens is 2. The van der Waals surface area contributed by atoms with Crippen molar-refractivity contribution in [3.05, 3.63) is 48.0 Å². The normalized spacial score (nSPS) is 10.6. The molecule has 0 bridgehead atoms. The second-order valence-electron chi connectivity index (χ2n) is 6.31. The Morgan fingerprint density at radius 3 is 2.23 bits per heavy atom. The average Bonchev–Trinajstić information content (AvgIpc) is 2.68. The first kappa shape index (κ1) is 23.3. The van der Waals surface area contributed by atoms with Gasteiger partial charge >= 0.3 is 0 Å². The second-order valence-corrected chi connectivity index (χ2v) is 7.37. The van der Waals surface area contributed by atoms with Gasteiger partial charge in [-0.15, -0.1) is 0 Å². The van der Waals surface area contributed by atoms with E-state index in [1.165, 1.54) is 43.3 Å². The van der Waals surface area contributed by atoms with E-state index in [1.807, 2.05) is 6.92 Å². The number of carbonyl (C=O) groups is 3. The molecule has 0 aliphatic heterocycles. The molecule has 2 amide bonds. The minimum Gasteiger partial charge on any atom is -0.483 e. The fourth-order valence-electron chi connectivity index (χ4n) is 2.52. The van der Waals surface area contributed by atoms with Crippen LogP contribution in [0.2, 0.25) is 0 Å². The quantitative estimate of drug-likeness (QED) is 0.406. The Hall–Kier alpha value is -2.94. The van der Waals surface area contributed by atoms with E-state index in [0.717, 1.165) is 0 Å². The molecule has 0 aliphatic carbocycles. The molecule has 2 rings (SSSR count). The van der Waals surface area contributed by atoms with Crippen molar-refractivity contribution in [3.63, 3.8) is 0 Å². The predicted molar refractivity (Wildman–Crippen MR) is 112 cm³/mol. The zero-order valence-electron chi connectivity index (χ0n) is 16.5.